The zero-order chi connectivity index (χ0) is 14.5. The Hall–Kier alpha value is -2.18. The lowest BCUT2D eigenvalue weighted by Crippen LogP contribution is -2.41. The van der Waals surface area contributed by atoms with E-state index in [4.69, 9.17) is 0 Å². The first-order valence-corrected chi connectivity index (χ1v) is 6.52. The summed E-state index contributed by atoms with van der Waals surface area (Å²) in [4.78, 5) is 32.4. The number of ether oxygens (including phenoxy) is 1. The van der Waals surface area contributed by atoms with Gasteiger partial charge in [-0.25, -0.2) is 14.8 Å². The predicted octanol–water partition coefficient (Wildman–Crippen LogP) is 0.686. The van der Waals surface area contributed by atoms with Crippen LogP contribution in [0.25, 0.3) is 0 Å². The van der Waals surface area contributed by atoms with Crippen molar-refractivity contribution in [2.24, 2.45) is 0 Å². The van der Waals surface area contributed by atoms with Crippen molar-refractivity contribution in [3.05, 3.63) is 18.1 Å². The molecule has 1 amide bonds. The van der Waals surface area contributed by atoms with Gasteiger partial charge in [0, 0.05) is 32.1 Å². The molecule has 20 heavy (non-hydrogen) atoms. The van der Waals surface area contributed by atoms with Crippen LogP contribution in [-0.2, 0) is 9.53 Å². The summed E-state index contributed by atoms with van der Waals surface area (Å²) in [5.41, 5.74) is 0.228. The highest BCUT2D eigenvalue weighted by Gasteiger charge is 2.21. The molecule has 2 rings (SSSR count). The molecule has 1 fully saturated rings. The molecule has 2 heterocycles. The van der Waals surface area contributed by atoms with Crippen LogP contribution in [-0.4, -0.2) is 53.0 Å². The third-order valence-corrected chi connectivity index (χ3v) is 3.35. The van der Waals surface area contributed by atoms with Crippen molar-refractivity contribution < 1.29 is 14.3 Å². The van der Waals surface area contributed by atoms with E-state index < -0.39 is 5.97 Å². The van der Waals surface area contributed by atoms with Crippen LogP contribution < -0.4 is 5.32 Å². The Labute approximate surface area is 117 Å². The first kappa shape index (κ1) is 14.2. The van der Waals surface area contributed by atoms with Gasteiger partial charge in [0.2, 0.25) is 5.91 Å². The van der Waals surface area contributed by atoms with Crippen molar-refractivity contribution in [2.45, 2.75) is 25.8 Å². The molecule has 0 radical (unpaired) electrons. The van der Waals surface area contributed by atoms with Gasteiger partial charge < -0.3 is 15.0 Å². The minimum atomic E-state index is -0.484. The first-order chi connectivity index (χ1) is 9.60. The van der Waals surface area contributed by atoms with Crippen molar-refractivity contribution in [1.29, 1.82) is 0 Å². The molecule has 0 unspecified atom stereocenters. The number of methoxy groups -OCH3 is 1. The fourth-order valence-corrected chi connectivity index (χ4v) is 2.20. The molecule has 0 aliphatic carbocycles. The van der Waals surface area contributed by atoms with Gasteiger partial charge in [-0.15, -0.1) is 0 Å². The molecule has 1 aliphatic heterocycles. The predicted molar refractivity (Wildman–Crippen MR) is 72.3 cm³/mol. The lowest BCUT2D eigenvalue weighted by Gasteiger charge is -2.31. The summed E-state index contributed by atoms with van der Waals surface area (Å²) >= 11 is 0. The zero-order valence-corrected chi connectivity index (χ0v) is 11.6. The van der Waals surface area contributed by atoms with E-state index in [-0.39, 0.29) is 17.6 Å². The summed E-state index contributed by atoms with van der Waals surface area (Å²) in [6.45, 7) is 3.06. The molecule has 1 aromatic rings. The van der Waals surface area contributed by atoms with Gasteiger partial charge in [-0.3, -0.25) is 4.79 Å². The second-order valence-corrected chi connectivity index (χ2v) is 4.70. The Bertz CT molecular complexity index is 498. The van der Waals surface area contributed by atoms with E-state index in [1.165, 1.54) is 13.4 Å². The minimum absolute atomic E-state index is 0.110. The SMILES string of the molecule is COC(=O)c1cc(NC2CCN(C(C)=O)CC2)ncn1. The van der Waals surface area contributed by atoms with Gasteiger partial charge in [-0.2, -0.15) is 0 Å². The smallest absolute Gasteiger partial charge is 0.356 e. The molecule has 0 atom stereocenters. The fourth-order valence-electron chi connectivity index (χ4n) is 2.20. The van der Waals surface area contributed by atoms with Gasteiger partial charge >= 0.3 is 5.97 Å². The van der Waals surface area contributed by atoms with Crippen LogP contribution in [0.2, 0.25) is 0 Å². The van der Waals surface area contributed by atoms with Crippen LogP contribution in [0.3, 0.4) is 0 Å². The van der Waals surface area contributed by atoms with E-state index in [0.29, 0.717) is 5.82 Å². The van der Waals surface area contributed by atoms with Crippen molar-refractivity contribution in [3.63, 3.8) is 0 Å². The molecule has 0 bridgehead atoms. The van der Waals surface area contributed by atoms with Crippen molar-refractivity contribution in [2.75, 3.05) is 25.5 Å². The average molecular weight is 278 g/mol. The van der Waals surface area contributed by atoms with Crippen molar-refractivity contribution in [1.82, 2.24) is 14.9 Å². The Morgan fingerprint density at radius 1 is 1.35 bits per heavy atom. The van der Waals surface area contributed by atoms with Crippen LogP contribution in [0.15, 0.2) is 12.4 Å². The first-order valence-electron chi connectivity index (χ1n) is 6.52. The number of nitrogens with one attached hydrogen (secondary N) is 1. The van der Waals surface area contributed by atoms with Gasteiger partial charge in [0.1, 0.15) is 12.1 Å². The Morgan fingerprint density at radius 2 is 2.05 bits per heavy atom. The van der Waals surface area contributed by atoms with Crippen LogP contribution in [0.5, 0.6) is 0 Å². The molecule has 1 saturated heterocycles. The van der Waals surface area contributed by atoms with Gasteiger partial charge in [-0.1, -0.05) is 0 Å². The molecule has 1 N–H and O–H groups in total. The summed E-state index contributed by atoms with van der Waals surface area (Å²) in [5, 5.41) is 3.26. The number of rotatable bonds is 3. The molecule has 7 nitrogen and oxygen atoms in total. The molecular formula is C13H18N4O3. The minimum Gasteiger partial charge on any atom is -0.464 e. The second kappa shape index (κ2) is 6.31. The van der Waals surface area contributed by atoms with E-state index in [1.54, 1.807) is 13.0 Å². The number of nitrogens with zero attached hydrogens (tertiary/aromatic N) is 3. The van der Waals surface area contributed by atoms with E-state index in [9.17, 15) is 9.59 Å². The number of carbonyl (C=O) groups excluding carboxylic acids is 2. The van der Waals surface area contributed by atoms with E-state index in [2.05, 4.69) is 20.0 Å². The maximum Gasteiger partial charge on any atom is 0.356 e. The number of esters is 1. The molecule has 0 saturated carbocycles. The average Bonchev–Trinajstić information content (AvgIpc) is 2.47. The molecule has 0 aromatic carbocycles. The zero-order valence-electron chi connectivity index (χ0n) is 11.6. The van der Waals surface area contributed by atoms with Gasteiger partial charge in [0.05, 0.1) is 7.11 Å². The summed E-state index contributed by atoms with van der Waals surface area (Å²) in [7, 11) is 1.31. The fraction of sp³-hybridized carbons (Fsp3) is 0.538. The summed E-state index contributed by atoms with van der Waals surface area (Å²) in [6, 6.07) is 1.81. The number of hydrogen-bond acceptors (Lipinski definition) is 6. The third kappa shape index (κ3) is 3.43. The number of piperidine rings is 1. The summed E-state index contributed by atoms with van der Waals surface area (Å²) < 4.78 is 4.62. The standard InChI is InChI=1S/C13H18N4O3/c1-9(18)17-5-3-10(4-6-17)16-12-7-11(13(19)20-2)14-8-15-12/h7-8,10H,3-6H2,1-2H3,(H,14,15,16). The van der Waals surface area contributed by atoms with Crippen LogP contribution >= 0.6 is 0 Å². The van der Waals surface area contributed by atoms with Crippen molar-refractivity contribution >= 4 is 17.7 Å². The van der Waals surface area contributed by atoms with Crippen molar-refractivity contribution in [3.8, 4) is 0 Å². The second-order valence-electron chi connectivity index (χ2n) is 4.70. The highest BCUT2D eigenvalue weighted by atomic mass is 16.5. The normalized spacial score (nSPS) is 15.8. The number of amides is 1. The van der Waals surface area contributed by atoms with E-state index in [0.717, 1.165) is 25.9 Å². The van der Waals surface area contributed by atoms with Gasteiger partial charge in [0.15, 0.2) is 5.69 Å². The molecular weight excluding hydrogens is 260 g/mol. The van der Waals surface area contributed by atoms with Crippen LogP contribution in [0.1, 0.15) is 30.3 Å². The van der Waals surface area contributed by atoms with Gasteiger partial charge in [-0.05, 0) is 12.8 Å². The van der Waals surface area contributed by atoms with Crippen LogP contribution in [0.4, 0.5) is 5.82 Å². The summed E-state index contributed by atoms with van der Waals surface area (Å²) in [5.74, 6) is 0.224. The molecule has 1 aliphatic rings. The number of likely N-dealkylation sites (tertiary alicyclic amines) is 1. The monoisotopic (exact) mass is 278 g/mol. The number of anilines is 1. The molecule has 108 valence electrons. The van der Waals surface area contributed by atoms with E-state index in [1.807, 2.05) is 4.90 Å². The highest BCUT2D eigenvalue weighted by molar-refractivity contribution is 5.87. The topological polar surface area (TPSA) is 84.4 Å². The Kier molecular flexibility index (Phi) is 4.49. The van der Waals surface area contributed by atoms with Gasteiger partial charge in [0.25, 0.3) is 0 Å². The largest absolute Gasteiger partial charge is 0.464 e. The number of carbonyl (C=O) groups is 2. The maximum absolute atomic E-state index is 11.4. The maximum atomic E-state index is 11.4. The number of aromatic nitrogens is 2. The number of hydrogen-bond donors (Lipinski definition) is 1. The summed E-state index contributed by atoms with van der Waals surface area (Å²) in [6.07, 6.45) is 3.05. The lowest BCUT2D eigenvalue weighted by atomic mass is 10.1. The Morgan fingerprint density at radius 3 is 2.65 bits per heavy atom. The van der Waals surface area contributed by atoms with Crippen LogP contribution in [0, 0.1) is 0 Å². The Balaban J connectivity index is 1.94. The molecule has 0 spiro atoms. The molecule has 7 heteroatoms. The third-order valence-electron chi connectivity index (χ3n) is 3.35. The molecule has 1 aromatic heterocycles. The van der Waals surface area contributed by atoms with E-state index >= 15 is 0 Å². The quantitative estimate of drug-likeness (QED) is 0.819. The lowest BCUT2D eigenvalue weighted by molar-refractivity contribution is -0.129. The highest BCUT2D eigenvalue weighted by Crippen LogP contribution is 2.15.